The molecule has 3 aromatic carbocycles. The number of nitrogens with one attached hydrogen (secondary N) is 1. The molecule has 1 aromatic heterocycles. The molecule has 1 unspecified atom stereocenters. The number of fused-ring (bicyclic) bond motifs is 1. The standard InChI is InChI=1S/C20H15N3O4S/c24-19(21-28(26)27)14-11-12-18-17(13-14)20(25)23(16-9-5-2-6-10-16)22(18)15-7-3-1-4-8-15/h1-13H,(H,21,24)(H,26,27). The van der Waals surface area contributed by atoms with E-state index in [1.54, 1.807) is 10.7 Å². The van der Waals surface area contributed by atoms with Gasteiger partial charge in [0.1, 0.15) is 0 Å². The first-order chi connectivity index (χ1) is 13.6. The van der Waals surface area contributed by atoms with Crippen molar-refractivity contribution in [2.24, 2.45) is 0 Å². The molecular formula is C20H15N3O4S. The smallest absolute Gasteiger partial charge is 0.279 e. The fourth-order valence-electron chi connectivity index (χ4n) is 3.11. The molecule has 4 aromatic rings. The predicted octanol–water partition coefficient (Wildman–Crippen LogP) is 2.65. The van der Waals surface area contributed by atoms with Gasteiger partial charge in [0.2, 0.25) is 0 Å². The highest BCUT2D eigenvalue weighted by Crippen LogP contribution is 2.21. The Kier molecular flexibility index (Phi) is 4.64. The van der Waals surface area contributed by atoms with Crippen molar-refractivity contribution < 1.29 is 13.6 Å². The second kappa shape index (κ2) is 7.26. The van der Waals surface area contributed by atoms with Crippen LogP contribution in [-0.2, 0) is 11.3 Å². The van der Waals surface area contributed by atoms with Gasteiger partial charge in [0, 0.05) is 5.56 Å². The number of benzene rings is 3. The van der Waals surface area contributed by atoms with Crippen LogP contribution in [0.3, 0.4) is 0 Å². The topological polar surface area (TPSA) is 93.3 Å². The number of amides is 1. The summed E-state index contributed by atoms with van der Waals surface area (Å²) in [6.07, 6.45) is 0. The van der Waals surface area contributed by atoms with Crippen molar-refractivity contribution >= 4 is 28.1 Å². The molecule has 0 bridgehead atoms. The third kappa shape index (κ3) is 3.15. The Balaban J connectivity index is 2.01. The van der Waals surface area contributed by atoms with Gasteiger partial charge in [-0.05, 0) is 42.5 Å². The van der Waals surface area contributed by atoms with Gasteiger partial charge in [0.15, 0.2) is 0 Å². The maximum Gasteiger partial charge on any atom is 0.279 e. The summed E-state index contributed by atoms with van der Waals surface area (Å²) in [7, 11) is 0. The quantitative estimate of drug-likeness (QED) is 0.521. The lowest BCUT2D eigenvalue weighted by Gasteiger charge is -2.12. The normalized spacial score (nSPS) is 12.0. The van der Waals surface area contributed by atoms with Crippen molar-refractivity contribution in [3.8, 4) is 11.4 Å². The van der Waals surface area contributed by atoms with Crippen molar-refractivity contribution in [2.45, 2.75) is 0 Å². The molecule has 140 valence electrons. The molecule has 0 spiro atoms. The van der Waals surface area contributed by atoms with Crippen LogP contribution in [0.4, 0.5) is 0 Å². The molecule has 0 aliphatic rings. The predicted molar refractivity (Wildman–Crippen MR) is 107 cm³/mol. The average molecular weight is 393 g/mol. The molecule has 1 heterocycles. The third-order valence-corrected chi connectivity index (χ3v) is 4.65. The number of hydrogen-bond acceptors (Lipinski definition) is 3. The number of para-hydroxylation sites is 2. The van der Waals surface area contributed by atoms with Crippen LogP contribution in [0, 0.1) is 0 Å². The van der Waals surface area contributed by atoms with Crippen molar-refractivity contribution in [2.75, 3.05) is 0 Å². The van der Waals surface area contributed by atoms with E-state index in [1.165, 1.54) is 16.8 Å². The van der Waals surface area contributed by atoms with E-state index in [9.17, 15) is 13.8 Å². The summed E-state index contributed by atoms with van der Waals surface area (Å²) in [5.41, 5.74) is 1.89. The first-order valence-corrected chi connectivity index (χ1v) is 9.47. The maximum atomic E-state index is 13.2. The molecule has 2 N–H and O–H groups in total. The number of hydrogen-bond donors (Lipinski definition) is 2. The van der Waals surface area contributed by atoms with Gasteiger partial charge in [0.05, 0.1) is 22.3 Å². The van der Waals surface area contributed by atoms with Crippen LogP contribution in [-0.4, -0.2) is 24.0 Å². The number of aromatic nitrogens is 2. The van der Waals surface area contributed by atoms with Crippen LogP contribution in [0.25, 0.3) is 22.3 Å². The van der Waals surface area contributed by atoms with Crippen LogP contribution in [0.15, 0.2) is 83.7 Å². The van der Waals surface area contributed by atoms with E-state index in [1.807, 2.05) is 65.4 Å². The molecule has 1 amide bonds. The van der Waals surface area contributed by atoms with Gasteiger partial charge in [-0.25, -0.2) is 18.3 Å². The summed E-state index contributed by atoms with van der Waals surface area (Å²) in [5.74, 6) is -0.735. The van der Waals surface area contributed by atoms with E-state index >= 15 is 0 Å². The lowest BCUT2D eigenvalue weighted by molar-refractivity contribution is 0.0981. The molecule has 0 aliphatic heterocycles. The van der Waals surface area contributed by atoms with Gasteiger partial charge in [-0.2, -0.15) is 0 Å². The minimum atomic E-state index is -2.48. The first-order valence-electron chi connectivity index (χ1n) is 8.37. The summed E-state index contributed by atoms with van der Waals surface area (Å²) in [5, 5.41) is 0.323. The van der Waals surface area contributed by atoms with Gasteiger partial charge in [0.25, 0.3) is 22.7 Å². The van der Waals surface area contributed by atoms with Gasteiger partial charge < -0.3 is 0 Å². The monoisotopic (exact) mass is 393 g/mol. The largest absolute Gasteiger partial charge is 0.289 e. The second-order valence-electron chi connectivity index (χ2n) is 6.01. The molecule has 4 rings (SSSR count). The average Bonchev–Trinajstić information content (AvgIpc) is 3.01. The van der Waals surface area contributed by atoms with Gasteiger partial charge in [-0.3, -0.25) is 14.1 Å². The number of carbonyl (C=O) groups is 1. The Bertz CT molecular complexity index is 1250. The van der Waals surface area contributed by atoms with E-state index in [0.29, 0.717) is 16.6 Å². The van der Waals surface area contributed by atoms with E-state index in [-0.39, 0.29) is 11.1 Å². The van der Waals surface area contributed by atoms with Crippen LogP contribution >= 0.6 is 0 Å². The van der Waals surface area contributed by atoms with Crippen LogP contribution in [0.5, 0.6) is 0 Å². The summed E-state index contributed by atoms with van der Waals surface area (Å²) >= 11 is -2.48. The fraction of sp³-hybridized carbons (Fsp3) is 0. The molecule has 0 saturated carbocycles. The molecule has 28 heavy (non-hydrogen) atoms. The van der Waals surface area contributed by atoms with E-state index in [2.05, 4.69) is 0 Å². The number of rotatable bonds is 4. The summed E-state index contributed by atoms with van der Waals surface area (Å²) in [6.45, 7) is 0. The minimum absolute atomic E-state index is 0.123. The lowest BCUT2D eigenvalue weighted by Crippen LogP contribution is -2.25. The number of carbonyl (C=O) groups excluding carboxylic acids is 1. The highest BCUT2D eigenvalue weighted by molar-refractivity contribution is 7.77. The van der Waals surface area contributed by atoms with E-state index in [0.717, 1.165) is 5.69 Å². The SMILES string of the molecule is O=C(NS(=O)O)c1ccc2c(c1)c(=O)n(-c1ccccc1)n2-c1ccccc1. The Labute approximate surface area is 162 Å². The van der Waals surface area contributed by atoms with Crippen LogP contribution in [0.1, 0.15) is 10.4 Å². The lowest BCUT2D eigenvalue weighted by atomic mass is 10.1. The minimum Gasteiger partial charge on any atom is -0.289 e. The zero-order valence-electron chi connectivity index (χ0n) is 14.5. The Morgan fingerprint density at radius 1 is 0.857 bits per heavy atom. The number of nitrogens with zero attached hydrogens (tertiary/aromatic N) is 2. The first kappa shape index (κ1) is 17.9. The van der Waals surface area contributed by atoms with Crippen molar-refractivity contribution in [3.63, 3.8) is 0 Å². The van der Waals surface area contributed by atoms with Gasteiger partial charge in [-0.1, -0.05) is 36.4 Å². The van der Waals surface area contributed by atoms with Gasteiger partial charge >= 0.3 is 0 Å². The van der Waals surface area contributed by atoms with Crippen LogP contribution in [0.2, 0.25) is 0 Å². The molecule has 0 saturated heterocycles. The van der Waals surface area contributed by atoms with E-state index < -0.39 is 17.2 Å². The van der Waals surface area contributed by atoms with E-state index in [4.69, 9.17) is 4.55 Å². The highest BCUT2D eigenvalue weighted by atomic mass is 32.2. The molecule has 0 aliphatic carbocycles. The van der Waals surface area contributed by atoms with Crippen molar-refractivity contribution in [3.05, 3.63) is 94.8 Å². The van der Waals surface area contributed by atoms with Crippen LogP contribution < -0.4 is 10.3 Å². The molecule has 0 radical (unpaired) electrons. The van der Waals surface area contributed by atoms with Crippen molar-refractivity contribution in [1.29, 1.82) is 0 Å². The molecule has 1 atom stereocenters. The summed E-state index contributed by atoms with van der Waals surface area (Å²) in [4.78, 5) is 25.3. The fourth-order valence-corrected chi connectivity index (χ4v) is 3.39. The van der Waals surface area contributed by atoms with Crippen molar-refractivity contribution in [1.82, 2.24) is 14.1 Å². The Morgan fingerprint density at radius 3 is 2.00 bits per heavy atom. The zero-order chi connectivity index (χ0) is 19.7. The second-order valence-corrected chi connectivity index (χ2v) is 6.71. The summed E-state index contributed by atoms with van der Waals surface area (Å²) in [6, 6.07) is 23.2. The maximum absolute atomic E-state index is 13.2. The zero-order valence-corrected chi connectivity index (χ0v) is 15.3. The molecular weight excluding hydrogens is 378 g/mol. The molecule has 0 fully saturated rings. The van der Waals surface area contributed by atoms with Gasteiger partial charge in [-0.15, -0.1) is 0 Å². The summed E-state index contributed by atoms with van der Waals surface area (Å²) < 4.78 is 24.9. The molecule has 8 heteroatoms. The Hall–Kier alpha value is -3.49. The highest BCUT2D eigenvalue weighted by Gasteiger charge is 2.18. The Morgan fingerprint density at radius 2 is 1.43 bits per heavy atom. The molecule has 7 nitrogen and oxygen atoms in total. The third-order valence-electron chi connectivity index (χ3n) is 4.29.